The SMILES string of the molecule is [C-]#[N+]c1cscc1-c1ccccc1. The fraction of sp³-hybridized carbons (Fsp3) is 0. The van der Waals surface area contributed by atoms with E-state index in [4.69, 9.17) is 6.57 Å². The number of nitrogens with zero attached hydrogens (tertiary/aromatic N) is 1. The van der Waals surface area contributed by atoms with E-state index in [-0.39, 0.29) is 0 Å². The maximum atomic E-state index is 6.98. The van der Waals surface area contributed by atoms with Crippen molar-refractivity contribution in [3.05, 3.63) is 52.5 Å². The Bertz CT molecular complexity index is 437. The number of hydrogen-bond acceptors (Lipinski definition) is 1. The molecule has 0 saturated carbocycles. The zero-order chi connectivity index (χ0) is 9.10. The molecule has 1 aromatic carbocycles. The van der Waals surface area contributed by atoms with E-state index in [2.05, 4.69) is 4.85 Å². The summed E-state index contributed by atoms with van der Waals surface area (Å²) in [7, 11) is 0. The van der Waals surface area contributed by atoms with Gasteiger partial charge >= 0.3 is 0 Å². The fourth-order valence-electron chi connectivity index (χ4n) is 1.21. The molecule has 0 spiro atoms. The van der Waals surface area contributed by atoms with E-state index in [1.165, 1.54) is 0 Å². The lowest BCUT2D eigenvalue weighted by atomic mass is 10.1. The van der Waals surface area contributed by atoms with Crippen LogP contribution in [0.3, 0.4) is 0 Å². The number of rotatable bonds is 1. The van der Waals surface area contributed by atoms with E-state index in [1.807, 2.05) is 41.1 Å². The minimum Gasteiger partial charge on any atom is -0.237 e. The highest BCUT2D eigenvalue weighted by Gasteiger charge is 2.04. The van der Waals surface area contributed by atoms with Gasteiger partial charge in [-0.15, -0.1) is 0 Å². The second-order valence-corrected chi connectivity index (χ2v) is 3.39. The van der Waals surface area contributed by atoms with E-state index in [1.54, 1.807) is 11.3 Å². The smallest absolute Gasteiger partial charge is 0.205 e. The van der Waals surface area contributed by atoms with Crippen LogP contribution < -0.4 is 0 Å². The van der Waals surface area contributed by atoms with Crippen LogP contribution >= 0.6 is 11.3 Å². The molecule has 1 aromatic heterocycles. The van der Waals surface area contributed by atoms with Gasteiger partial charge in [0.15, 0.2) is 0 Å². The fourth-order valence-corrected chi connectivity index (χ4v) is 1.98. The van der Waals surface area contributed by atoms with Gasteiger partial charge in [-0.3, -0.25) is 0 Å². The molecule has 2 heteroatoms. The first-order valence-electron chi connectivity index (χ1n) is 3.91. The Kier molecular flexibility index (Phi) is 2.11. The summed E-state index contributed by atoms with van der Waals surface area (Å²) in [6, 6.07) is 10.0. The van der Waals surface area contributed by atoms with Crippen LogP contribution in [0.1, 0.15) is 0 Å². The van der Waals surface area contributed by atoms with Crippen molar-refractivity contribution < 1.29 is 0 Å². The first-order valence-corrected chi connectivity index (χ1v) is 4.85. The average Bonchev–Trinajstić information content (AvgIpc) is 2.67. The van der Waals surface area contributed by atoms with Gasteiger partial charge in [0.1, 0.15) is 0 Å². The standard InChI is InChI=1S/C11H7NS/c1-12-11-8-13-7-10(11)9-5-3-2-4-6-9/h2-8H. The molecular weight excluding hydrogens is 178 g/mol. The summed E-state index contributed by atoms with van der Waals surface area (Å²) < 4.78 is 0. The van der Waals surface area contributed by atoms with Crippen molar-refractivity contribution in [2.75, 3.05) is 0 Å². The molecule has 0 atom stereocenters. The Balaban J connectivity index is 2.54. The molecule has 0 aliphatic carbocycles. The van der Waals surface area contributed by atoms with Crippen LogP contribution in [0.25, 0.3) is 16.0 Å². The Morgan fingerprint density at radius 1 is 1.08 bits per heavy atom. The summed E-state index contributed by atoms with van der Waals surface area (Å²) in [4.78, 5) is 3.47. The molecule has 1 nitrogen and oxygen atoms in total. The van der Waals surface area contributed by atoms with Crippen molar-refractivity contribution in [3.8, 4) is 11.1 Å². The lowest BCUT2D eigenvalue weighted by Gasteiger charge is -1.96. The molecule has 62 valence electrons. The van der Waals surface area contributed by atoms with Crippen LogP contribution in [-0.2, 0) is 0 Å². The monoisotopic (exact) mass is 185 g/mol. The van der Waals surface area contributed by atoms with Crippen LogP contribution in [0.4, 0.5) is 5.69 Å². The van der Waals surface area contributed by atoms with E-state index < -0.39 is 0 Å². The molecule has 13 heavy (non-hydrogen) atoms. The second kappa shape index (κ2) is 3.42. The summed E-state index contributed by atoms with van der Waals surface area (Å²) in [6.07, 6.45) is 0. The third kappa shape index (κ3) is 1.47. The number of thiophene rings is 1. The van der Waals surface area contributed by atoms with Gasteiger partial charge in [0.05, 0.1) is 6.57 Å². The van der Waals surface area contributed by atoms with Gasteiger partial charge in [-0.05, 0) is 21.9 Å². The molecule has 0 bridgehead atoms. The first kappa shape index (κ1) is 8.03. The van der Waals surface area contributed by atoms with Crippen molar-refractivity contribution in [1.29, 1.82) is 0 Å². The number of hydrogen-bond donors (Lipinski definition) is 0. The van der Waals surface area contributed by atoms with Crippen molar-refractivity contribution in [1.82, 2.24) is 0 Å². The second-order valence-electron chi connectivity index (χ2n) is 2.65. The highest BCUT2D eigenvalue weighted by molar-refractivity contribution is 7.08. The van der Waals surface area contributed by atoms with E-state index in [0.29, 0.717) is 0 Å². The van der Waals surface area contributed by atoms with E-state index in [0.717, 1.165) is 16.8 Å². The Labute approximate surface area is 81.1 Å². The predicted octanol–water partition coefficient (Wildman–Crippen LogP) is 3.97. The molecule has 1 heterocycles. The summed E-state index contributed by atoms with van der Waals surface area (Å²) in [5.41, 5.74) is 2.91. The number of benzene rings is 1. The summed E-state index contributed by atoms with van der Waals surface area (Å²) in [5.74, 6) is 0. The minimum absolute atomic E-state index is 0.746. The lowest BCUT2D eigenvalue weighted by Crippen LogP contribution is -1.70. The third-order valence-corrected chi connectivity index (χ3v) is 2.58. The van der Waals surface area contributed by atoms with Crippen LogP contribution in [0.15, 0.2) is 41.1 Å². The topological polar surface area (TPSA) is 4.36 Å². The summed E-state index contributed by atoms with van der Waals surface area (Å²) in [6.45, 7) is 6.98. The molecular formula is C11H7NS. The Morgan fingerprint density at radius 2 is 1.85 bits per heavy atom. The van der Waals surface area contributed by atoms with Crippen LogP contribution in [0.2, 0.25) is 0 Å². The quantitative estimate of drug-likeness (QED) is 0.592. The van der Waals surface area contributed by atoms with E-state index in [9.17, 15) is 0 Å². The summed E-state index contributed by atoms with van der Waals surface area (Å²) in [5, 5.41) is 3.90. The molecule has 0 unspecified atom stereocenters. The molecule has 2 rings (SSSR count). The van der Waals surface area contributed by atoms with Crippen molar-refractivity contribution >= 4 is 17.0 Å². The van der Waals surface area contributed by atoms with Gasteiger partial charge in [0.2, 0.25) is 5.69 Å². The third-order valence-electron chi connectivity index (χ3n) is 1.85. The molecule has 0 fully saturated rings. The lowest BCUT2D eigenvalue weighted by molar-refractivity contribution is 1.68. The summed E-state index contributed by atoms with van der Waals surface area (Å²) >= 11 is 1.57. The Hall–Kier alpha value is -1.59. The molecule has 0 aliphatic heterocycles. The molecule has 0 radical (unpaired) electrons. The van der Waals surface area contributed by atoms with Gasteiger partial charge in [-0.2, -0.15) is 11.3 Å². The van der Waals surface area contributed by atoms with Crippen LogP contribution in [0, 0.1) is 6.57 Å². The van der Waals surface area contributed by atoms with Crippen molar-refractivity contribution in [3.63, 3.8) is 0 Å². The highest BCUT2D eigenvalue weighted by atomic mass is 32.1. The van der Waals surface area contributed by atoms with Crippen molar-refractivity contribution in [2.45, 2.75) is 0 Å². The van der Waals surface area contributed by atoms with Crippen LogP contribution in [-0.4, -0.2) is 0 Å². The van der Waals surface area contributed by atoms with Crippen LogP contribution in [0.5, 0.6) is 0 Å². The molecule has 0 N–H and O–H groups in total. The van der Waals surface area contributed by atoms with Gasteiger partial charge in [-0.1, -0.05) is 30.3 Å². The first-order chi connectivity index (χ1) is 6.42. The normalized spacial score (nSPS) is 9.46. The molecule has 2 aromatic rings. The zero-order valence-corrected chi connectivity index (χ0v) is 7.71. The highest BCUT2D eigenvalue weighted by Crippen LogP contribution is 2.33. The largest absolute Gasteiger partial charge is 0.237 e. The van der Waals surface area contributed by atoms with Crippen molar-refractivity contribution in [2.24, 2.45) is 0 Å². The zero-order valence-electron chi connectivity index (χ0n) is 6.90. The van der Waals surface area contributed by atoms with Gasteiger partial charge in [0, 0.05) is 0 Å². The average molecular weight is 185 g/mol. The minimum atomic E-state index is 0.746. The van der Waals surface area contributed by atoms with Gasteiger partial charge in [0.25, 0.3) is 0 Å². The molecule has 0 saturated heterocycles. The molecule has 0 amide bonds. The maximum absolute atomic E-state index is 6.98. The Morgan fingerprint density at radius 3 is 2.54 bits per heavy atom. The van der Waals surface area contributed by atoms with Gasteiger partial charge in [-0.25, -0.2) is 4.85 Å². The van der Waals surface area contributed by atoms with E-state index >= 15 is 0 Å². The predicted molar refractivity (Wildman–Crippen MR) is 56.0 cm³/mol. The van der Waals surface area contributed by atoms with Gasteiger partial charge < -0.3 is 0 Å². The molecule has 0 aliphatic rings. The maximum Gasteiger partial charge on any atom is 0.205 e.